The predicted molar refractivity (Wildman–Crippen MR) is 62.7 cm³/mol. The van der Waals surface area contributed by atoms with Crippen molar-refractivity contribution in [2.75, 3.05) is 19.6 Å². The Morgan fingerprint density at radius 1 is 1.53 bits per heavy atom. The van der Waals surface area contributed by atoms with Crippen LogP contribution in [0.1, 0.15) is 40.0 Å². The maximum Gasteiger partial charge on any atom is 0.223 e. The van der Waals surface area contributed by atoms with Gasteiger partial charge in [0.2, 0.25) is 5.91 Å². The first-order valence-corrected chi connectivity index (χ1v) is 6.15. The molecule has 0 bridgehead atoms. The van der Waals surface area contributed by atoms with Crippen molar-refractivity contribution in [2.45, 2.75) is 46.1 Å². The van der Waals surface area contributed by atoms with Crippen LogP contribution in [0.25, 0.3) is 0 Å². The minimum absolute atomic E-state index is 0.338. The molecule has 0 radical (unpaired) electrons. The highest BCUT2D eigenvalue weighted by Crippen LogP contribution is 2.13. The first-order valence-electron chi connectivity index (χ1n) is 6.15. The SMILES string of the molecule is CCCC1CNCCN1C(=O)CC(C)C. The van der Waals surface area contributed by atoms with Crippen molar-refractivity contribution in [2.24, 2.45) is 5.92 Å². The number of hydrogen-bond donors (Lipinski definition) is 1. The molecule has 1 rings (SSSR count). The molecule has 1 unspecified atom stereocenters. The summed E-state index contributed by atoms with van der Waals surface area (Å²) in [6.45, 7) is 9.20. The molecular weight excluding hydrogens is 188 g/mol. The number of amides is 1. The zero-order chi connectivity index (χ0) is 11.3. The molecule has 1 aliphatic rings. The Balaban J connectivity index is 2.51. The number of carbonyl (C=O) groups excluding carboxylic acids is 1. The largest absolute Gasteiger partial charge is 0.337 e. The van der Waals surface area contributed by atoms with Crippen LogP contribution in [0.5, 0.6) is 0 Å². The van der Waals surface area contributed by atoms with Crippen LogP contribution in [0, 0.1) is 5.92 Å². The van der Waals surface area contributed by atoms with Crippen molar-refractivity contribution in [1.29, 1.82) is 0 Å². The average Bonchev–Trinajstić information content (AvgIpc) is 2.18. The molecule has 3 nitrogen and oxygen atoms in total. The lowest BCUT2D eigenvalue weighted by atomic mass is 10.0. The zero-order valence-electron chi connectivity index (χ0n) is 10.3. The van der Waals surface area contributed by atoms with Crippen LogP contribution in [0.2, 0.25) is 0 Å². The van der Waals surface area contributed by atoms with Gasteiger partial charge in [0.15, 0.2) is 0 Å². The van der Waals surface area contributed by atoms with E-state index in [9.17, 15) is 4.79 Å². The Hall–Kier alpha value is -0.570. The molecule has 0 aliphatic carbocycles. The normalized spacial score (nSPS) is 22.1. The van der Waals surface area contributed by atoms with Crippen LogP contribution < -0.4 is 5.32 Å². The molecule has 0 aromatic carbocycles. The maximum atomic E-state index is 12.0. The highest BCUT2D eigenvalue weighted by atomic mass is 16.2. The molecule has 1 fully saturated rings. The molecule has 1 amide bonds. The van der Waals surface area contributed by atoms with E-state index >= 15 is 0 Å². The fourth-order valence-corrected chi connectivity index (χ4v) is 2.15. The summed E-state index contributed by atoms with van der Waals surface area (Å²) < 4.78 is 0. The fraction of sp³-hybridized carbons (Fsp3) is 0.917. The van der Waals surface area contributed by atoms with E-state index in [1.54, 1.807) is 0 Å². The Kier molecular flexibility index (Phi) is 5.09. The summed E-state index contributed by atoms with van der Waals surface area (Å²) in [4.78, 5) is 14.1. The van der Waals surface area contributed by atoms with Gasteiger partial charge >= 0.3 is 0 Å². The molecule has 88 valence electrons. The Labute approximate surface area is 93.2 Å². The predicted octanol–water partition coefficient (Wildman–Crippen LogP) is 1.63. The summed E-state index contributed by atoms with van der Waals surface area (Å²) in [5, 5.41) is 3.36. The third kappa shape index (κ3) is 3.82. The molecule has 0 aromatic heterocycles. The van der Waals surface area contributed by atoms with Gasteiger partial charge in [-0.05, 0) is 12.3 Å². The van der Waals surface area contributed by atoms with Crippen LogP contribution in [0.15, 0.2) is 0 Å². The highest BCUT2D eigenvalue weighted by molar-refractivity contribution is 5.76. The number of carbonyl (C=O) groups is 1. The van der Waals surface area contributed by atoms with Crippen molar-refractivity contribution in [1.82, 2.24) is 10.2 Å². The van der Waals surface area contributed by atoms with Gasteiger partial charge in [-0.3, -0.25) is 4.79 Å². The lowest BCUT2D eigenvalue weighted by Gasteiger charge is -2.36. The van der Waals surface area contributed by atoms with Crippen LogP contribution in [-0.4, -0.2) is 36.5 Å². The number of rotatable bonds is 4. The van der Waals surface area contributed by atoms with Crippen molar-refractivity contribution in [3.63, 3.8) is 0 Å². The average molecular weight is 212 g/mol. The van der Waals surface area contributed by atoms with E-state index in [0.717, 1.165) is 32.5 Å². The van der Waals surface area contributed by atoms with Crippen LogP contribution in [0.4, 0.5) is 0 Å². The second kappa shape index (κ2) is 6.11. The molecule has 15 heavy (non-hydrogen) atoms. The van der Waals surface area contributed by atoms with Gasteiger partial charge in [0.05, 0.1) is 0 Å². The molecular formula is C12H24N2O. The summed E-state index contributed by atoms with van der Waals surface area (Å²) >= 11 is 0. The van der Waals surface area contributed by atoms with Crippen molar-refractivity contribution in [3.8, 4) is 0 Å². The number of piperazine rings is 1. The van der Waals surface area contributed by atoms with Crippen molar-refractivity contribution in [3.05, 3.63) is 0 Å². The Morgan fingerprint density at radius 2 is 2.27 bits per heavy atom. The van der Waals surface area contributed by atoms with Crippen molar-refractivity contribution >= 4 is 5.91 Å². The van der Waals surface area contributed by atoms with Gasteiger partial charge in [-0.2, -0.15) is 0 Å². The molecule has 1 saturated heterocycles. The number of nitrogens with zero attached hydrogens (tertiary/aromatic N) is 1. The first-order chi connectivity index (χ1) is 7.15. The lowest BCUT2D eigenvalue weighted by Crippen LogP contribution is -2.53. The maximum absolute atomic E-state index is 12.0. The first kappa shape index (κ1) is 12.5. The molecule has 1 heterocycles. The minimum atomic E-state index is 0.338. The monoisotopic (exact) mass is 212 g/mol. The second-order valence-electron chi connectivity index (χ2n) is 4.83. The third-order valence-electron chi connectivity index (χ3n) is 2.88. The lowest BCUT2D eigenvalue weighted by molar-refractivity contribution is -0.135. The summed E-state index contributed by atoms with van der Waals surface area (Å²) in [6, 6.07) is 0.426. The van der Waals surface area contributed by atoms with Gasteiger partial charge in [0.1, 0.15) is 0 Å². The number of nitrogens with one attached hydrogen (secondary N) is 1. The Bertz CT molecular complexity index is 202. The van der Waals surface area contributed by atoms with Crippen molar-refractivity contribution < 1.29 is 4.79 Å². The second-order valence-corrected chi connectivity index (χ2v) is 4.83. The molecule has 0 spiro atoms. The van der Waals surface area contributed by atoms with Gasteiger partial charge < -0.3 is 10.2 Å². The van der Waals surface area contributed by atoms with E-state index in [0.29, 0.717) is 24.3 Å². The highest BCUT2D eigenvalue weighted by Gasteiger charge is 2.25. The van der Waals surface area contributed by atoms with Gasteiger partial charge in [-0.15, -0.1) is 0 Å². The van der Waals surface area contributed by atoms with Gasteiger partial charge in [-0.1, -0.05) is 27.2 Å². The Morgan fingerprint density at radius 3 is 2.87 bits per heavy atom. The molecule has 3 heteroatoms. The van der Waals surface area contributed by atoms with Crippen LogP contribution in [-0.2, 0) is 4.79 Å². The van der Waals surface area contributed by atoms with E-state index < -0.39 is 0 Å². The molecule has 0 aromatic rings. The molecule has 0 saturated carbocycles. The summed E-state index contributed by atoms with van der Waals surface area (Å²) in [5.41, 5.74) is 0. The van der Waals surface area contributed by atoms with Gasteiger partial charge in [-0.25, -0.2) is 0 Å². The summed E-state index contributed by atoms with van der Waals surface area (Å²) in [6.07, 6.45) is 2.97. The fourth-order valence-electron chi connectivity index (χ4n) is 2.15. The van der Waals surface area contributed by atoms with E-state index in [4.69, 9.17) is 0 Å². The molecule has 1 N–H and O–H groups in total. The smallest absolute Gasteiger partial charge is 0.223 e. The van der Waals surface area contributed by atoms with Crippen LogP contribution >= 0.6 is 0 Å². The summed E-state index contributed by atoms with van der Waals surface area (Å²) in [7, 11) is 0. The zero-order valence-corrected chi connectivity index (χ0v) is 10.3. The van der Waals surface area contributed by atoms with E-state index in [-0.39, 0.29) is 0 Å². The number of hydrogen-bond acceptors (Lipinski definition) is 2. The quantitative estimate of drug-likeness (QED) is 0.768. The van der Waals surface area contributed by atoms with Gasteiger partial charge in [0.25, 0.3) is 0 Å². The molecule has 1 aliphatic heterocycles. The summed E-state index contributed by atoms with van der Waals surface area (Å²) in [5.74, 6) is 0.805. The standard InChI is InChI=1S/C12H24N2O/c1-4-5-11-9-13-6-7-14(11)12(15)8-10(2)3/h10-11,13H,4-9H2,1-3H3. The van der Waals surface area contributed by atoms with E-state index in [1.165, 1.54) is 0 Å². The minimum Gasteiger partial charge on any atom is -0.337 e. The van der Waals surface area contributed by atoms with Gasteiger partial charge in [0, 0.05) is 32.1 Å². The van der Waals surface area contributed by atoms with E-state index in [1.807, 2.05) is 0 Å². The topological polar surface area (TPSA) is 32.3 Å². The van der Waals surface area contributed by atoms with E-state index in [2.05, 4.69) is 31.0 Å². The van der Waals surface area contributed by atoms with Crippen LogP contribution in [0.3, 0.4) is 0 Å². The molecule has 1 atom stereocenters. The third-order valence-corrected chi connectivity index (χ3v) is 2.88.